The number of anilines is 3. The molecule has 0 radical (unpaired) electrons. The van der Waals surface area contributed by atoms with Gasteiger partial charge in [-0.3, -0.25) is 19.2 Å². The van der Waals surface area contributed by atoms with Gasteiger partial charge in [-0.05, 0) is 29.5 Å². The van der Waals surface area contributed by atoms with Gasteiger partial charge in [0.2, 0.25) is 0 Å². The predicted molar refractivity (Wildman–Crippen MR) is 142 cm³/mol. The fourth-order valence-electron chi connectivity index (χ4n) is 3.98. The van der Waals surface area contributed by atoms with Crippen LogP contribution in [0.1, 0.15) is 68.9 Å². The first kappa shape index (κ1) is 26.7. The number of phenolic OH excluding ortho intramolecular Hbond substituents is 1. The third kappa shape index (κ3) is 6.38. The molecule has 3 aromatic rings. The van der Waals surface area contributed by atoms with Crippen LogP contribution >= 0.6 is 0 Å². The molecule has 36 heavy (non-hydrogen) atoms. The van der Waals surface area contributed by atoms with Gasteiger partial charge in [0.15, 0.2) is 5.75 Å². The van der Waals surface area contributed by atoms with Crippen LogP contribution in [0.25, 0.3) is 0 Å². The predicted octanol–water partition coefficient (Wildman–Crippen LogP) is 4.42. The van der Waals surface area contributed by atoms with Gasteiger partial charge in [-0.25, -0.2) is 0 Å². The molecule has 1 atom stereocenters. The van der Waals surface area contributed by atoms with Gasteiger partial charge in [0, 0.05) is 19.4 Å². The van der Waals surface area contributed by atoms with Crippen LogP contribution in [0, 0.1) is 5.41 Å². The average molecular weight is 492 g/mol. The van der Waals surface area contributed by atoms with Crippen LogP contribution in [-0.4, -0.2) is 23.3 Å². The monoisotopic (exact) mass is 491 g/mol. The average Bonchev–Trinajstić information content (AvgIpc) is 2.83. The van der Waals surface area contributed by atoms with E-state index in [-0.39, 0.29) is 58.6 Å². The second kappa shape index (κ2) is 11.2. The van der Waals surface area contributed by atoms with E-state index in [1.807, 2.05) is 58.0 Å². The molecule has 0 bridgehead atoms. The highest BCUT2D eigenvalue weighted by Crippen LogP contribution is 2.33. The number of ketones is 1. The molecule has 190 valence electrons. The molecule has 0 saturated heterocycles. The summed E-state index contributed by atoms with van der Waals surface area (Å²) in [5.74, 6) is -0.855. The fraction of sp³-hybridized carbons (Fsp3) is 0.357. The summed E-state index contributed by atoms with van der Waals surface area (Å²) in [4.78, 5) is 49.3. The third-order valence-electron chi connectivity index (χ3n) is 5.80. The lowest BCUT2D eigenvalue weighted by atomic mass is 9.89. The summed E-state index contributed by atoms with van der Waals surface area (Å²) < 4.78 is 0. The molecule has 8 nitrogen and oxygen atoms in total. The second-order valence-electron chi connectivity index (χ2n) is 10.0. The van der Waals surface area contributed by atoms with Crippen LogP contribution in [0.4, 0.5) is 17.1 Å². The summed E-state index contributed by atoms with van der Waals surface area (Å²) in [6, 6.07) is 13.9. The number of hydrogen-bond donors (Lipinski definition) is 4. The summed E-state index contributed by atoms with van der Waals surface area (Å²) in [6.07, 6.45) is 1.29. The Labute approximate surface area is 210 Å². The van der Waals surface area contributed by atoms with Crippen molar-refractivity contribution in [2.75, 3.05) is 17.2 Å². The number of hydrogen-bond acceptors (Lipinski definition) is 7. The van der Waals surface area contributed by atoms with Crippen molar-refractivity contribution < 1.29 is 14.7 Å². The number of nitrogens with one attached hydrogen (secondary N) is 3. The molecule has 3 aromatic carbocycles. The fourth-order valence-corrected chi connectivity index (χ4v) is 3.98. The van der Waals surface area contributed by atoms with Gasteiger partial charge in [-0.2, -0.15) is 0 Å². The molecular formula is C28H33N3O5. The van der Waals surface area contributed by atoms with E-state index >= 15 is 0 Å². The molecule has 0 heterocycles. The van der Waals surface area contributed by atoms with Crippen LogP contribution in [0.15, 0.2) is 58.1 Å². The quantitative estimate of drug-likeness (QED) is 0.231. The molecule has 0 unspecified atom stereocenters. The van der Waals surface area contributed by atoms with Crippen LogP contribution in [0.3, 0.4) is 0 Å². The van der Waals surface area contributed by atoms with Gasteiger partial charge in [-0.1, -0.05) is 64.1 Å². The van der Waals surface area contributed by atoms with Crippen molar-refractivity contribution in [2.24, 2.45) is 5.41 Å². The van der Waals surface area contributed by atoms with Gasteiger partial charge < -0.3 is 21.1 Å². The van der Waals surface area contributed by atoms with Crippen LogP contribution < -0.4 is 26.8 Å². The topological polar surface area (TPSA) is 125 Å². The molecule has 0 saturated carbocycles. The molecule has 0 aliphatic carbocycles. The van der Waals surface area contributed by atoms with Crippen LogP contribution in [0.5, 0.6) is 5.75 Å². The first-order chi connectivity index (χ1) is 17.0. The third-order valence-corrected chi connectivity index (χ3v) is 5.80. The minimum atomic E-state index is -0.702. The Kier molecular flexibility index (Phi) is 8.29. The molecule has 0 spiro atoms. The van der Waals surface area contributed by atoms with E-state index in [4.69, 9.17) is 0 Å². The van der Waals surface area contributed by atoms with E-state index in [9.17, 15) is 24.3 Å². The highest BCUT2D eigenvalue weighted by atomic mass is 16.3. The first-order valence-electron chi connectivity index (χ1n) is 12.1. The van der Waals surface area contributed by atoms with Crippen molar-refractivity contribution in [3.8, 4) is 5.75 Å². The summed E-state index contributed by atoms with van der Waals surface area (Å²) >= 11 is 0. The van der Waals surface area contributed by atoms with E-state index in [1.54, 1.807) is 6.07 Å². The molecule has 8 heteroatoms. The smallest absolute Gasteiger partial charge is 0.255 e. The molecule has 0 fully saturated rings. The molecule has 0 aromatic heterocycles. The van der Waals surface area contributed by atoms with E-state index in [2.05, 4.69) is 16.0 Å². The standard InChI is InChI=1S/C28H33N3O5/c1-5-20(17-10-7-6-8-11-17)30-22-23(26(35)25(22)34)31-21-13-9-12-19(24(21)33)27(36)29-15-14-18(32)16-28(2,3)4/h6-13,20,30-31,33H,5,14-16H2,1-4H3,(H,29,36)/t20-/m1/s1. The van der Waals surface area contributed by atoms with Crippen molar-refractivity contribution in [3.05, 3.63) is 80.1 Å². The van der Waals surface area contributed by atoms with Gasteiger partial charge in [0.25, 0.3) is 16.8 Å². The lowest BCUT2D eigenvalue weighted by molar-refractivity contribution is -0.120. The zero-order valence-electron chi connectivity index (χ0n) is 21.1. The number of para-hydroxylation sites is 1. The Morgan fingerprint density at radius 2 is 1.61 bits per heavy atom. The van der Waals surface area contributed by atoms with Crippen molar-refractivity contribution in [1.29, 1.82) is 0 Å². The molecular weight excluding hydrogens is 458 g/mol. The minimum absolute atomic E-state index is 0.00722. The first-order valence-corrected chi connectivity index (χ1v) is 12.1. The van der Waals surface area contributed by atoms with E-state index < -0.39 is 16.8 Å². The number of amides is 1. The van der Waals surface area contributed by atoms with Crippen LogP contribution in [-0.2, 0) is 4.79 Å². The number of carbonyl (C=O) groups excluding carboxylic acids is 2. The van der Waals surface area contributed by atoms with E-state index in [0.717, 1.165) is 5.56 Å². The maximum Gasteiger partial charge on any atom is 0.255 e. The Hall–Kier alpha value is -3.94. The number of rotatable bonds is 11. The number of Topliss-reactive ketones (excluding diaryl/α,β-unsaturated/α-hetero) is 1. The van der Waals surface area contributed by atoms with Gasteiger partial charge in [0.1, 0.15) is 17.2 Å². The Bertz CT molecular complexity index is 1300. The largest absolute Gasteiger partial charge is 0.505 e. The summed E-state index contributed by atoms with van der Waals surface area (Å²) in [5.41, 5.74) is -0.201. The summed E-state index contributed by atoms with van der Waals surface area (Å²) in [6.45, 7) is 8.03. The van der Waals surface area contributed by atoms with Crippen molar-refractivity contribution in [1.82, 2.24) is 5.32 Å². The zero-order chi connectivity index (χ0) is 26.5. The molecule has 1 amide bonds. The van der Waals surface area contributed by atoms with E-state index in [0.29, 0.717) is 12.8 Å². The Morgan fingerprint density at radius 3 is 2.25 bits per heavy atom. The van der Waals surface area contributed by atoms with Gasteiger partial charge in [0.05, 0.1) is 17.3 Å². The number of phenols is 1. The van der Waals surface area contributed by atoms with Crippen molar-refractivity contribution in [2.45, 2.75) is 53.0 Å². The number of benzene rings is 2. The lowest BCUT2D eigenvalue weighted by Crippen LogP contribution is -2.37. The summed E-state index contributed by atoms with van der Waals surface area (Å²) in [7, 11) is 0. The summed E-state index contributed by atoms with van der Waals surface area (Å²) in [5, 5.41) is 19.3. The molecule has 4 N–H and O–H groups in total. The van der Waals surface area contributed by atoms with Crippen LogP contribution in [0.2, 0.25) is 0 Å². The Morgan fingerprint density at radius 1 is 0.944 bits per heavy atom. The molecule has 0 aliphatic rings. The maximum atomic E-state index is 12.6. The molecule has 0 aliphatic heterocycles. The Balaban J connectivity index is 1.71. The molecule has 3 rings (SSSR count). The maximum absolute atomic E-state index is 12.6. The van der Waals surface area contributed by atoms with Gasteiger partial charge >= 0.3 is 0 Å². The van der Waals surface area contributed by atoms with E-state index in [1.165, 1.54) is 12.1 Å². The number of carbonyl (C=O) groups is 2. The zero-order valence-corrected chi connectivity index (χ0v) is 21.1. The number of aromatic hydroxyl groups is 1. The van der Waals surface area contributed by atoms with Crippen molar-refractivity contribution in [3.63, 3.8) is 0 Å². The highest BCUT2D eigenvalue weighted by molar-refractivity contribution is 5.99. The van der Waals surface area contributed by atoms with Gasteiger partial charge in [-0.15, -0.1) is 0 Å². The normalized spacial score (nSPS) is 12.2. The lowest BCUT2D eigenvalue weighted by Gasteiger charge is -2.22. The highest BCUT2D eigenvalue weighted by Gasteiger charge is 2.25. The minimum Gasteiger partial charge on any atom is -0.505 e. The second-order valence-corrected chi connectivity index (χ2v) is 10.0. The SMILES string of the molecule is CC[C@@H](Nc1c(Nc2cccc(C(=O)NCCC(=O)CC(C)(C)C)c2O)c(=O)c1=O)c1ccccc1. The van der Waals surface area contributed by atoms with Crippen molar-refractivity contribution >= 4 is 28.8 Å².